The maximum absolute atomic E-state index is 9.91. The molecule has 1 heteroatoms. The Morgan fingerprint density at radius 2 is 1.40 bits per heavy atom. The second-order valence-corrected chi connectivity index (χ2v) is 5.38. The third kappa shape index (κ3) is 4.12. The number of hydrogen-bond donors (Lipinski definition) is 1. The number of phenols is 1. The third-order valence-electron chi connectivity index (χ3n) is 3.79. The molecule has 106 valence electrons. The van der Waals surface area contributed by atoms with E-state index in [4.69, 9.17) is 0 Å². The van der Waals surface area contributed by atoms with E-state index in [-0.39, 0.29) is 0 Å². The standard InChI is InChI=1S/C19H24O/c1-2-3-4-5-10-16-11-6-7-12-17(16)15-18-13-8-9-14-19(18)20/h6-9,11-14,20H,2-5,10,15H2,1H3. The molecule has 0 saturated carbocycles. The maximum Gasteiger partial charge on any atom is 0.119 e. The largest absolute Gasteiger partial charge is 0.508 e. The molecule has 0 atom stereocenters. The topological polar surface area (TPSA) is 20.2 Å². The van der Waals surface area contributed by atoms with Gasteiger partial charge in [-0.3, -0.25) is 0 Å². The molecule has 0 bridgehead atoms. The molecule has 2 aromatic rings. The average molecular weight is 268 g/mol. The molecule has 2 aromatic carbocycles. The van der Waals surface area contributed by atoms with Crippen LogP contribution in [0.1, 0.15) is 49.3 Å². The van der Waals surface area contributed by atoms with Crippen LogP contribution in [0, 0.1) is 0 Å². The Labute approximate surface area is 122 Å². The van der Waals surface area contributed by atoms with Crippen molar-refractivity contribution in [2.45, 2.75) is 45.4 Å². The van der Waals surface area contributed by atoms with E-state index in [1.807, 2.05) is 18.2 Å². The van der Waals surface area contributed by atoms with Crippen molar-refractivity contribution in [2.24, 2.45) is 0 Å². The Kier molecular flexibility index (Phi) is 5.67. The third-order valence-corrected chi connectivity index (χ3v) is 3.79. The van der Waals surface area contributed by atoms with Gasteiger partial charge in [0.15, 0.2) is 0 Å². The molecule has 0 heterocycles. The van der Waals surface area contributed by atoms with Gasteiger partial charge in [-0.15, -0.1) is 0 Å². The van der Waals surface area contributed by atoms with Gasteiger partial charge < -0.3 is 5.11 Å². The van der Waals surface area contributed by atoms with Crippen LogP contribution in [0.4, 0.5) is 0 Å². The molecule has 2 rings (SSSR count). The molecule has 0 aliphatic rings. The number of benzene rings is 2. The summed E-state index contributed by atoms with van der Waals surface area (Å²) in [5.74, 6) is 0.397. The monoisotopic (exact) mass is 268 g/mol. The summed E-state index contributed by atoms with van der Waals surface area (Å²) in [4.78, 5) is 0. The van der Waals surface area contributed by atoms with Crippen molar-refractivity contribution < 1.29 is 5.11 Å². The van der Waals surface area contributed by atoms with Crippen molar-refractivity contribution in [3.8, 4) is 5.75 Å². The summed E-state index contributed by atoms with van der Waals surface area (Å²) in [6, 6.07) is 16.2. The summed E-state index contributed by atoms with van der Waals surface area (Å²) in [5.41, 5.74) is 3.77. The highest BCUT2D eigenvalue weighted by Crippen LogP contribution is 2.22. The second-order valence-electron chi connectivity index (χ2n) is 5.38. The highest BCUT2D eigenvalue weighted by molar-refractivity contribution is 5.39. The Bertz CT molecular complexity index is 531. The lowest BCUT2D eigenvalue weighted by Gasteiger charge is -2.10. The lowest BCUT2D eigenvalue weighted by atomic mass is 9.96. The molecular formula is C19H24O. The Morgan fingerprint density at radius 1 is 0.750 bits per heavy atom. The summed E-state index contributed by atoms with van der Waals surface area (Å²) >= 11 is 0. The van der Waals surface area contributed by atoms with Crippen LogP contribution in [0.2, 0.25) is 0 Å². The highest BCUT2D eigenvalue weighted by atomic mass is 16.3. The minimum absolute atomic E-state index is 0.397. The van der Waals surface area contributed by atoms with Gasteiger partial charge >= 0.3 is 0 Å². The van der Waals surface area contributed by atoms with Crippen molar-refractivity contribution in [2.75, 3.05) is 0 Å². The van der Waals surface area contributed by atoms with Crippen molar-refractivity contribution in [3.05, 3.63) is 65.2 Å². The normalized spacial score (nSPS) is 10.7. The zero-order chi connectivity index (χ0) is 14.2. The first kappa shape index (κ1) is 14.6. The fraction of sp³-hybridized carbons (Fsp3) is 0.368. The molecule has 1 nitrogen and oxygen atoms in total. The number of aryl methyl sites for hydroxylation is 1. The molecule has 20 heavy (non-hydrogen) atoms. The highest BCUT2D eigenvalue weighted by Gasteiger charge is 2.05. The minimum atomic E-state index is 0.397. The number of unbranched alkanes of at least 4 members (excludes halogenated alkanes) is 3. The van der Waals surface area contributed by atoms with Gasteiger partial charge in [-0.25, -0.2) is 0 Å². The Morgan fingerprint density at radius 3 is 2.10 bits per heavy atom. The maximum atomic E-state index is 9.91. The first-order valence-corrected chi connectivity index (χ1v) is 7.65. The van der Waals surface area contributed by atoms with E-state index in [2.05, 4.69) is 31.2 Å². The van der Waals surface area contributed by atoms with Gasteiger partial charge in [0.25, 0.3) is 0 Å². The summed E-state index contributed by atoms with van der Waals surface area (Å²) in [7, 11) is 0. The zero-order valence-corrected chi connectivity index (χ0v) is 12.3. The van der Waals surface area contributed by atoms with Gasteiger partial charge in [0.1, 0.15) is 5.75 Å². The molecule has 0 fully saturated rings. The first-order valence-electron chi connectivity index (χ1n) is 7.65. The molecule has 1 N–H and O–H groups in total. The molecule has 0 aliphatic carbocycles. The van der Waals surface area contributed by atoms with Gasteiger partial charge in [0.05, 0.1) is 0 Å². The number of hydrogen-bond acceptors (Lipinski definition) is 1. The number of para-hydroxylation sites is 1. The molecule has 0 unspecified atom stereocenters. The number of aromatic hydroxyl groups is 1. The average Bonchev–Trinajstić information content (AvgIpc) is 2.47. The molecular weight excluding hydrogens is 244 g/mol. The van der Waals surface area contributed by atoms with Crippen LogP contribution in [-0.2, 0) is 12.8 Å². The smallest absolute Gasteiger partial charge is 0.119 e. The zero-order valence-electron chi connectivity index (χ0n) is 12.3. The molecule has 0 saturated heterocycles. The SMILES string of the molecule is CCCCCCc1ccccc1Cc1ccccc1O. The summed E-state index contributed by atoms with van der Waals surface area (Å²) in [6.45, 7) is 2.24. The summed E-state index contributed by atoms with van der Waals surface area (Å²) in [5, 5.41) is 9.91. The first-order chi connectivity index (χ1) is 9.81. The van der Waals surface area contributed by atoms with E-state index in [1.165, 1.54) is 36.8 Å². The van der Waals surface area contributed by atoms with Gasteiger partial charge in [-0.1, -0.05) is 68.7 Å². The van der Waals surface area contributed by atoms with Gasteiger partial charge in [-0.2, -0.15) is 0 Å². The van der Waals surface area contributed by atoms with Crippen LogP contribution in [0.3, 0.4) is 0 Å². The van der Waals surface area contributed by atoms with Crippen LogP contribution in [-0.4, -0.2) is 5.11 Å². The van der Waals surface area contributed by atoms with Crippen molar-refractivity contribution in [1.82, 2.24) is 0 Å². The molecule has 0 aliphatic heterocycles. The van der Waals surface area contributed by atoms with Crippen LogP contribution in [0.15, 0.2) is 48.5 Å². The number of rotatable bonds is 7. The van der Waals surface area contributed by atoms with Crippen molar-refractivity contribution >= 4 is 0 Å². The minimum Gasteiger partial charge on any atom is -0.508 e. The van der Waals surface area contributed by atoms with Crippen LogP contribution >= 0.6 is 0 Å². The van der Waals surface area contributed by atoms with E-state index in [0.29, 0.717) is 5.75 Å². The molecule has 0 spiro atoms. The van der Waals surface area contributed by atoms with E-state index in [9.17, 15) is 5.11 Å². The Balaban J connectivity index is 2.06. The summed E-state index contributed by atoms with van der Waals surface area (Å²) < 4.78 is 0. The Hall–Kier alpha value is -1.76. The van der Waals surface area contributed by atoms with Crippen LogP contribution < -0.4 is 0 Å². The van der Waals surface area contributed by atoms with Crippen molar-refractivity contribution in [1.29, 1.82) is 0 Å². The molecule has 0 aromatic heterocycles. The van der Waals surface area contributed by atoms with E-state index in [0.717, 1.165) is 18.4 Å². The molecule has 0 radical (unpaired) electrons. The van der Waals surface area contributed by atoms with Gasteiger partial charge in [0.2, 0.25) is 0 Å². The lowest BCUT2D eigenvalue weighted by molar-refractivity contribution is 0.469. The van der Waals surface area contributed by atoms with Crippen LogP contribution in [0.25, 0.3) is 0 Å². The quantitative estimate of drug-likeness (QED) is 0.692. The summed E-state index contributed by atoms with van der Waals surface area (Å²) in [6.07, 6.45) is 7.12. The molecule has 0 amide bonds. The number of phenolic OH excluding ortho intramolecular Hbond substituents is 1. The predicted molar refractivity (Wildman–Crippen MR) is 85.2 cm³/mol. The predicted octanol–water partition coefficient (Wildman–Crippen LogP) is 5.11. The van der Waals surface area contributed by atoms with E-state index >= 15 is 0 Å². The van der Waals surface area contributed by atoms with E-state index < -0.39 is 0 Å². The second kappa shape index (κ2) is 7.74. The fourth-order valence-corrected chi connectivity index (χ4v) is 2.58. The van der Waals surface area contributed by atoms with Gasteiger partial charge in [-0.05, 0) is 35.6 Å². The lowest BCUT2D eigenvalue weighted by Crippen LogP contribution is -1.96. The van der Waals surface area contributed by atoms with Crippen LogP contribution in [0.5, 0.6) is 5.75 Å². The van der Waals surface area contributed by atoms with Gasteiger partial charge in [0, 0.05) is 6.42 Å². The van der Waals surface area contributed by atoms with Crippen molar-refractivity contribution in [3.63, 3.8) is 0 Å². The fourth-order valence-electron chi connectivity index (χ4n) is 2.58. The van der Waals surface area contributed by atoms with E-state index in [1.54, 1.807) is 6.07 Å².